The second-order valence-electron chi connectivity index (χ2n) is 6.74. The predicted molar refractivity (Wildman–Crippen MR) is 109 cm³/mol. The fourth-order valence-corrected chi connectivity index (χ4v) is 3.40. The van der Waals surface area contributed by atoms with E-state index in [0.29, 0.717) is 31.7 Å². The Morgan fingerprint density at radius 3 is 2.32 bits per heavy atom. The molecule has 0 unspecified atom stereocenters. The molecule has 0 bridgehead atoms. The van der Waals surface area contributed by atoms with Gasteiger partial charge in [0.15, 0.2) is 0 Å². The highest BCUT2D eigenvalue weighted by Gasteiger charge is 2.21. The predicted octanol–water partition coefficient (Wildman–Crippen LogP) is 3.05. The van der Waals surface area contributed by atoms with Gasteiger partial charge in [-0.25, -0.2) is 4.39 Å². The third-order valence-corrected chi connectivity index (χ3v) is 5.26. The molecule has 5 nitrogen and oxygen atoms in total. The van der Waals surface area contributed by atoms with Gasteiger partial charge in [0.25, 0.3) is 5.91 Å². The van der Waals surface area contributed by atoms with E-state index in [1.165, 1.54) is 12.1 Å². The zero-order chi connectivity index (χ0) is 19.9. The van der Waals surface area contributed by atoms with Crippen molar-refractivity contribution in [3.8, 4) is 0 Å². The van der Waals surface area contributed by atoms with Crippen molar-refractivity contribution in [1.29, 1.82) is 0 Å². The van der Waals surface area contributed by atoms with Crippen LogP contribution in [0, 0.1) is 5.82 Å². The van der Waals surface area contributed by atoms with Crippen molar-refractivity contribution in [2.75, 3.05) is 32.7 Å². The Bertz CT molecular complexity index is 805. The van der Waals surface area contributed by atoms with E-state index in [2.05, 4.69) is 21.2 Å². The molecular weight excluding hydrogens is 425 g/mol. The van der Waals surface area contributed by atoms with Crippen molar-refractivity contribution in [1.82, 2.24) is 15.1 Å². The minimum atomic E-state index is -0.316. The van der Waals surface area contributed by atoms with Crippen LogP contribution in [0.5, 0.6) is 0 Å². The molecule has 0 aliphatic carbocycles. The van der Waals surface area contributed by atoms with Crippen molar-refractivity contribution < 1.29 is 14.0 Å². The molecule has 1 aliphatic rings. The summed E-state index contributed by atoms with van der Waals surface area (Å²) in [7, 11) is 0. The van der Waals surface area contributed by atoms with Gasteiger partial charge in [0.05, 0.1) is 0 Å². The number of amides is 2. The van der Waals surface area contributed by atoms with Gasteiger partial charge in [0.2, 0.25) is 5.91 Å². The lowest BCUT2D eigenvalue weighted by atomic mass is 10.1. The molecule has 0 spiro atoms. The summed E-state index contributed by atoms with van der Waals surface area (Å²) in [6.45, 7) is 3.61. The van der Waals surface area contributed by atoms with E-state index in [4.69, 9.17) is 0 Å². The summed E-state index contributed by atoms with van der Waals surface area (Å²) < 4.78 is 14.1. The van der Waals surface area contributed by atoms with Crippen LogP contribution in [0.15, 0.2) is 53.0 Å². The zero-order valence-corrected chi connectivity index (χ0v) is 17.1. The van der Waals surface area contributed by atoms with Gasteiger partial charge in [-0.1, -0.05) is 28.1 Å². The highest BCUT2D eigenvalue weighted by atomic mass is 79.9. The number of rotatable bonds is 6. The molecule has 0 radical (unpaired) electrons. The Labute approximate surface area is 172 Å². The van der Waals surface area contributed by atoms with Crippen molar-refractivity contribution in [2.24, 2.45) is 0 Å². The molecule has 0 aromatic heterocycles. The summed E-state index contributed by atoms with van der Waals surface area (Å²) >= 11 is 3.37. The maximum Gasteiger partial charge on any atom is 0.254 e. The standard InChI is InChI=1S/C21H23BrFN3O2/c22-18-5-3-17(4-6-18)21(28)26(15-16-1-7-19(23)8-2-16)12-9-20(27)25-13-10-24-11-14-25/h1-8,24H,9-15H2. The van der Waals surface area contributed by atoms with E-state index in [-0.39, 0.29) is 24.1 Å². The number of hydrogen-bond donors (Lipinski definition) is 1. The minimum Gasteiger partial charge on any atom is -0.340 e. The number of carbonyl (C=O) groups is 2. The first-order chi connectivity index (χ1) is 13.5. The van der Waals surface area contributed by atoms with E-state index in [9.17, 15) is 14.0 Å². The van der Waals surface area contributed by atoms with Crippen LogP contribution >= 0.6 is 15.9 Å². The molecule has 1 N–H and O–H groups in total. The fourth-order valence-electron chi connectivity index (χ4n) is 3.14. The highest BCUT2D eigenvalue weighted by molar-refractivity contribution is 9.10. The van der Waals surface area contributed by atoms with Gasteiger partial charge in [-0.3, -0.25) is 9.59 Å². The third-order valence-electron chi connectivity index (χ3n) is 4.73. The fraction of sp³-hybridized carbons (Fsp3) is 0.333. The van der Waals surface area contributed by atoms with Gasteiger partial charge in [-0.2, -0.15) is 0 Å². The van der Waals surface area contributed by atoms with Crippen molar-refractivity contribution in [2.45, 2.75) is 13.0 Å². The maximum atomic E-state index is 13.2. The molecule has 1 aliphatic heterocycles. The van der Waals surface area contributed by atoms with Gasteiger partial charge in [0.1, 0.15) is 5.82 Å². The first kappa shape index (κ1) is 20.5. The molecular formula is C21H23BrFN3O2. The zero-order valence-electron chi connectivity index (χ0n) is 15.5. The SMILES string of the molecule is O=C(CCN(Cc1ccc(F)cc1)C(=O)c1ccc(Br)cc1)N1CCNCC1. The van der Waals surface area contributed by atoms with Gasteiger partial charge in [0, 0.05) is 55.7 Å². The normalized spacial score (nSPS) is 14.0. The number of nitrogens with one attached hydrogen (secondary N) is 1. The largest absolute Gasteiger partial charge is 0.340 e. The van der Waals surface area contributed by atoms with Gasteiger partial charge >= 0.3 is 0 Å². The summed E-state index contributed by atoms with van der Waals surface area (Å²) in [4.78, 5) is 29.0. The Hall–Kier alpha value is -2.25. The summed E-state index contributed by atoms with van der Waals surface area (Å²) in [5.41, 5.74) is 1.38. The first-order valence-electron chi connectivity index (χ1n) is 9.31. The quantitative estimate of drug-likeness (QED) is 0.740. The maximum absolute atomic E-state index is 13.2. The Balaban J connectivity index is 1.71. The Morgan fingerprint density at radius 2 is 1.68 bits per heavy atom. The molecule has 0 atom stereocenters. The topological polar surface area (TPSA) is 52.7 Å². The molecule has 148 valence electrons. The van der Waals surface area contributed by atoms with Crippen LogP contribution in [-0.2, 0) is 11.3 Å². The van der Waals surface area contributed by atoms with Crippen LogP contribution < -0.4 is 5.32 Å². The van der Waals surface area contributed by atoms with Crippen molar-refractivity contribution in [3.63, 3.8) is 0 Å². The Kier molecular flexibility index (Phi) is 7.17. The lowest BCUT2D eigenvalue weighted by molar-refractivity contribution is -0.132. The number of nitrogens with zero attached hydrogens (tertiary/aromatic N) is 2. The number of hydrogen-bond acceptors (Lipinski definition) is 3. The van der Waals surface area contributed by atoms with E-state index >= 15 is 0 Å². The van der Waals surface area contributed by atoms with E-state index in [1.54, 1.807) is 29.2 Å². The van der Waals surface area contributed by atoms with Crippen molar-refractivity contribution >= 4 is 27.7 Å². The van der Waals surface area contributed by atoms with Gasteiger partial charge < -0.3 is 15.1 Å². The lowest BCUT2D eigenvalue weighted by Crippen LogP contribution is -2.47. The second-order valence-corrected chi connectivity index (χ2v) is 7.66. The van der Waals surface area contributed by atoms with E-state index < -0.39 is 0 Å². The highest BCUT2D eigenvalue weighted by Crippen LogP contribution is 2.15. The monoisotopic (exact) mass is 447 g/mol. The molecule has 2 amide bonds. The second kappa shape index (κ2) is 9.80. The number of benzene rings is 2. The van der Waals surface area contributed by atoms with Crippen LogP contribution in [0.1, 0.15) is 22.3 Å². The van der Waals surface area contributed by atoms with Crippen LogP contribution in [-0.4, -0.2) is 54.3 Å². The van der Waals surface area contributed by atoms with Crippen LogP contribution in [0.25, 0.3) is 0 Å². The molecule has 1 fully saturated rings. The average molecular weight is 448 g/mol. The number of piperazine rings is 1. The van der Waals surface area contributed by atoms with Crippen molar-refractivity contribution in [3.05, 3.63) is 69.9 Å². The van der Waals surface area contributed by atoms with Crippen LogP contribution in [0.2, 0.25) is 0 Å². The molecule has 2 aromatic rings. The Morgan fingerprint density at radius 1 is 1.04 bits per heavy atom. The molecule has 3 rings (SSSR count). The molecule has 1 heterocycles. The smallest absolute Gasteiger partial charge is 0.254 e. The van der Waals surface area contributed by atoms with Gasteiger partial charge in [-0.05, 0) is 42.0 Å². The summed E-state index contributed by atoms with van der Waals surface area (Å²) in [5, 5.41) is 3.22. The van der Waals surface area contributed by atoms with Crippen LogP contribution in [0.4, 0.5) is 4.39 Å². The molecule has 28 heavy (non-hydrogen) atoms. The number of carbonyl (C=O) groups excluding carboxylic acids is 2. The van der Waals surface area contributed by atoms with Crippen LogP contribution in [0.3, 0.4) is 0 Å². The average Bonchev–Trinajstić information content (AvgIpc) is 2.73. The summed E-state index contributed by atoms with van der Waals surface area (Å²) in [5.74, 6) is -0.414. The molecule has 0 saturated carbocycles. The minimum absolute atomic E-state index is 0.0502. The molecule has 7 heteroatoms. The van der Waals surface area contributed by atoms with Gasteiger partial charge in [-0.15, -0.1) is 0 Å². The first-order valence-corrected chi connectivity index (χ1v) is 10.1. The molecule has 2 aromatic carbocycles. The van der Waals surface area contributed by atoms with E-state index in [0.717, 1.165) is 23.1 Å². The van der Waals surface area contributed by atoms with E-state index in [1.807, 2.05) is 17.0 Å². The lowest BCUT2D eigenvalue weighted by Gasteiger charge is -2.29. The summed E-state index contributed by atoms with van der Waals surface area (Å²) in [6, 6.07) is 13.2. The number of halogens is 2. The third kappa shape index (κ3) is 5.62. The summed E-state index contributed by atoms with van der Waals surface area (Å²) in [6.07, 6.45) is 0.267. The molecule has 1 saturated heterocycles.